The Labute approximate surface area is 61.8 Å². The van der Waals surface area contributed by atoms with Gasteiger partial charge in [-0.1, -0.05) is 15.9 Å². The van der Waals surface area contributed by atoms with Crippen LogP contribution in [0.3, 0.4) is 0 Å². The Morgan fingerprint density at radius 1 is 1.78 bits per heavy atom. The largest absolute Gasteiger partial charge is 0.480 e. The third kappa shape index (κ3) is 1.95. The van der Waals surface area contributed by atoms with E-state index < -0.39 is 16.4 Å². The monoisotopic (exact) mass is 196 g/mol. The summed E-state index contributed by atoms with van der Waals surface area (Å²) in [5.41, 5.74) is 0. The molecule has 0 aromatic heterocycles. The van der Waals surface area contributed by atoms with E-state index in [1.165, 1.54) is 13.8 Å². The van der Waals surface area contributed by atoms with Crippen LogP contribution in [0.15, 0.2) is 0 Å². The van der Waals surface area contributed by atoms with Crippen molar-refractivity contribution in [3.63, 3.8) is 0 Å². The van der Waals surface area contributed by atoms with Crippen LogP contribution in [-0.2, 0) is 4.79 Å². The maximum Gasteiger partial charge on any atom is 0.322 e. The number of rotatable bonds is 2. The van der Waals surface area contributed by atoms with E-state index in [1.54, 1.807) is 0 Å². The summed E-state index contributed by atoms with van der Waals surface area (Å²) in [7, 11) is 0. The van der Waals surface area contributed by atoms with Crippen molar-refractivity contribution in [1.29, 1.82) is 0 Å². The molecule has 0 amide bonds. The Morgan fingerprint density at radius 3 is 2.11 bits per heavy atom. The molecule has 2 atom stereocenters. The lowest BCUT2D eigenvalue weighted by atomic mass is 10.1. The molecule has 0 aromatic rings. The van der Waals surface area contributed by atoms with Gasteiger partial charge in [0.1, 0.15) is 4.32 Å². The van der Waals surface area contributed by atoms with E-state index in [0.717, 1.165) is 0 Å². The summed E-state index contributed by atoms with van der Waals surface area (Å²) in [6.45, 7) is 2.82. The number of carboxylic acids is 1. The van der Waals surface area contributed by atoms with Gasteiger partial charge in [0.15, 0.2) is 0 Å². The molecule has 0 saturated heterocycles. The highest BCUT2D eigenvalue weighted by atomic mass is 79.9. The fourth-order valence-electron chi connectivity index (χ4n) is 0.179. The maximum atomic E-state index is 10.3. The number of hydrogen-bond acceptors (Lipinski definition) is 2. The number of aliphatic hydroxyl groups excluding tert-OH is 1. The van der Waals surface area contributed by atoms with Gasteiger partial charge >= 0.3 is 5.97 Å². The lowest BCUT2D eigenvalue weighted by Gasteiger charge is -2.19. The maximum absolute atomic E-state index is 10.3. The fourth-order valence-corrected chi connectivity index (χ4v) is 0.179. The molecular weight excluding hydrogens is 188 g/mol. The Hall–Kier alpha value is -0.0900. The van der Waals surface area contributed by atoms with Gasteiger partial charge in [-0.2, -0.15) is 0 Å². The summed E-state index contributed by atoms with van der Waals surface area (Å²) in [5.74, 6) is -1.06. The third-order valence-electron chi connectivity index (χ3n) is 1.20. The molecule has 3 nitrogen and oxygen atoms in total. The molecule has 0 aliphatic carbocycles. The van der Waals surface area contributed by atoms with Crippen LogP contribution < -0.4 is 0 Å². The zero-order valence-electron chi connectivity index (χ0n) is 5.26. The summed E-state index contributed by atoms with van der Waals surface area (Å²) in [6, 6.07) is 0. The molecule has 0 radical (unpaired) electrons. The van der Waals surface area contributed by atoms with Crippen LogP contribution >= 0.6 is 15.9 Å². The van der Waals surface area contributed by atoms with Gasteiger partial charge in [-0.3, -0.25) is 4.79 Å². The van der Waals surface area contributed by atoms with E-state index in [-0.39, 0.29) is 0 Å². The van der Waals surface area contributed by atoms with Crippen LogP contribution in [-0.4, -0.2) is 26.6 Å². The number of aliphatic hydroxyl groups is 1. The van der Waals surface area contributed by atoms with Crippen molar-refractivity contribution in [3.05, 3.63) is 0 Å². The molecule has 0 unspecified atom stereocenters. The molecule has 0 bridgehead atoms. The standard InChI is InChI=1S/C5H9BrO3/c1-3(7)5(2,6)4(8)9/h3,7H,1-2H3,(H,8,9)/t3-,5-/m1/s1. The van der Waals surface area contributed by atoms with Gasteiger partial charge < -0.3 is 10.2 Å². The molecule has 0 aliphatic rings. The van der Waals surface area contributed by atoms with Crippen LogP contribution in [0.5, 0.6) is 0 Å². The summed E-state index contributed by atoms with van der Waals surface area (Å²) >= 11 is 2.86. The second-order valence-corrected chi connectivity index (χ2v) is 3.70. The van der Waals surface area contributed by atoms with Crippen LogP contribution in [0, 0.1) is 0 Å². The van der Waals surface area contributed by atoms with Crippen molar-refractivity contribution in [3.8, 4) is 0 Å². The third-order valence-corrected chi connectivity index (χ3v) is 2.20. The normalized spacial score (nSPS) is 20.4. The first kappa shape index (κ1) is 8.91. The second kappa shape index (κ2) is 2.66. The average Bonchev–Trinajstić information content (AvgIpc) is 1.65. The zero-order valence-corrected chi connectivity index (χ0v) is 6.84. The summed E-state index contributed by atoms with van der Waals surface area (Å²) in [5, 5.41) is 17.2. The molecule has 54 valence electrons. The molecule has 0 saturated carbocycles. The Morgan fingerprint density at radius 2 is 2.11 bits per heavy atom. The smallest absolute Gasteiger partial charge is 0.322 e. The van der Waals surface area contributed by atoms with Crippen molar-refractivity contribution in [1.82, 2.24) is 0 Å². The minimum atomic E-state index is -1.22. The van der Waals surface area contributed by atoms with E-state index in [9.17, 15) is 4.79 Å². The van der Waals surface area contributed by atoms with Gasteiger partial charge in [-0.05, 0) is 13.8 Å². The quantitative estimate of drug-likeness (QED) is 0.637. The predicted octanol–water partition coefficient (Wildman–Crippen LogP) is 0.605. The second-order valence-electron chi connectivity index (χ2n) is 2.06. The molecule has 0 fully saturated rings. The van der Waals surface area contributed by atoms with E-state index in [1.807, 2.05) is 0 Å². The molecular formula is C5H9BrO3. The SMILES string of the molecule is C[C@@H](O)[C@@](C)(Br)C(=O)O. The molecule has 9 heavy (non-hydrogen) atoms. The first-order chi connectivity index (χ1) is 3.89. The van der Waals surface area contributed by atoms with Gasteiger partial charge in [0.05, 0.1) is 6.10 Å². The molecule has 0 spiro atoms. The first-order valence-electron chi connectivity index (χ1n) is 2.49. The lowest BCUT2D eigenvalue weighted by molar-refractivity contribution is -0.141. The number of aliphatic carboxylic acids is 1. The van der Waals surface area contributed by atoms with Crippen molar-refractivity contribution in [2.45, 2.75) is 24.3 Å². The Bertz CT molecular complexity index is 119. The number of halogens is 1. The molecule has 4 heteroatoms. The van der Waals surface area contributed by atoms with Crippen molar-refractivity contribution >= 4 is 21.9 Å². The molecule has 2 N–H and O–H groups in total. The topological polar surface area (TPSA) is 57.5 Å². The fraction of sp³-hybridized carbons (Fsp3) is 0.800. The van der Waals surface area contributed by atoms with E-state index in [0.29, 0.717) is 0 Å². The first-order valence-corrected chi connectivity index (χ1v) is 3.28. The van der Waals surface area contributed by atoms with Crippen LogP contribution in [0.1, 0.15) is 13.8 Å². The molecule has 0 aliphatic heterocycles. The van der Waals surface area contributed by atoms with Gasteiger partial charge in [0.25, 0.3) is 0 Å². The number of hydrogen-bond donors (Lipinski definition) is 2. The van der Waals surface area contributed by atoms with Crippen molar-refractivity contribution in [2.24, 2.45) is 0 Å². The van der Waals surface area contributed by atoms with E-state index in [4.69, 9.17) is 10.2 Å². The van der Waals surface area contributed by atoms with Crippen LogP contribution in [0.4, 0.5) is 0 Å². The molecule has 0 rings (SSSR count). The molecule has 0 heterocycles. The molecule has 0 aromatic carbocycles. The minimum Gasteiger partial charge on any atom is -0.480 e. The van der Waals surface area contributed by atoms with Gasteiger partial charge in [-0.15, -0.1) is 0 Å². The van der Waals surface area contributed by atoms with Gasteiger partial charge in [-0.25, -0.2) is 0 Å². The number of carbonyl (C=O) groups is 1. The van der Waals surface area contributed by atoms with Crippen LogP contribution in [0.25, 0.3) is 0 Å². The summed E-state index contributed by atoms with van der Waals surface area (Å²) < 4.78 is -1.22. The Kier molecular flexibility index (Phi) is 2.64. The van der Waals surface area contributed by atoms with E-state index in [2.05, 4.69) is 15.9 Å². The Balaban J connectivity index is 4.19. The highest BCUT2D eigenvalue weighted by molar-refractivity contribution is 9.10. The zero-order chi connectivity index (χ0) is 7.65. The van der Waals surface area contributed by atoms with E-state index >= 15 is 0 Å². The highest BCUT2D eigenvalue weighted by Gasteiger charge is 2.34. The highest BCUT2D eigenvalue weighted by Crippen LogP contribution is 2.21. The van der Waals surface area contributed by atoms with Crippen LogP contribution in [0.2, 0.25) is 0 Å². The van der Waals surface area contributed by atoms with Gasteiger partial charge in [0, 0.05) is 0 Å². The van der Waals surface area contributed by atoms with Gasteiger partial charge in [0.2, 0.25) is 0 Å². The van der Waals surface area contributed by atoms with Crippen molar-refractivity contribution in [2.75, 3.05) is 0 Å². The lowest BCUT2D eigenvalue weighted by Crippen LogP contribution is -2.38. The number of alkyl halides is 1. The average molecular weight is 197 g/mol. The minimum absolute atomic E-state index is 0.894. The number of carboxylic acid groups (broad SMARTS) is 1. The van der Waals surface area contributed by atoms with Crippen molar-refractivity contribution < 1.29 is 15.0 Å². The predicted molar refractivity (Wildman–Crippen MR) is 36.6 cm³/mol. The summed E-state index contributed by atoms with van der Waals surface area (Å²) in [4.78, 5) is 10.3. The summed E-state index contributed by atoms with van der Waals surface area (Å²) in [6.07, 6.45) is -0.894.